The molecule has 0 fully saturated rings. The van der Waals surface area contributed by atoms with E-state index in [2.05, 4.69) is 10.2 Å². The molecule has 0 aliphatic heterocycles. The normalized spacial score (nSPS) is 11.2. The third-order valence-corrected chi connectivity index (χ3v) is 2.06. The first-order valence-corrected chi connectivity index (χ1v) is 4.30. The highest BCUT2D eigenvalue weighted by Crippen LogP contribution is 2.15. The summed E-state index contributed by atoms with van der Waals surface area (Å²) < 4.78 is 1.63. The second kappa shape index (κ2) is 3.79. The number of hydrazone groups is 1. The predicted molar refractivity (Wildman–Crippen MR) is 54.2 cm³/mol. The van der Waals surface area contributed by atoms with Crippen molar-refractivity contribution in [1.29, 1.82) is 0 Å². The Bertz CT molecular complexity index is 327. The van der Waals surface area contributed by atoms with Gasteiger partial charge in [-0.05, 0) is 6.92 Å². The fourth-order valence-corrected chi connectivity index (χ4v) is 1.19. The van der Waals surface area contributed by atoms with Crippen LogP contribution in [0.1, 0.15) is 11.3 Å². The molecule has 1 heterocycles. The highest BCUT2D eigenvalue weighted by atomic mass is 35.5. The third kappa shape index (κ3) is 2.21. The quantitative estimate of drug-likeness (QED) is 0.532. The lowest BCUT2D eigenvalue weighted by atomic mass is 10.3. The van der Waals surface area contributed by atoms with Crippen LogP contribution in [0.25, 0.3) is 0 Å². The summed E-state index contributed by atoms with van der Waals surface area (Å²) in [5.41, 5.74) is 1.76. The van der Waals surface area contributed by atoms with Gasteiger partial charge in [0.2, 0.25) is 0 Å². The van der Waals surface area contributed by atoms with E-state index in [1.54, 1.807) is 15.9 Å². The molecular weight excluding hydrogens is 188 g/mol. The number of hydrogen-bond acceptors (Lipinski definition) is 3. The van der Waals surface area contributed by atoms with Crippen molar-refractivity contribution in [2.75, 3.05) is 14.1 Å². The molecule has 0 saturated carbocycles. The molecule has 72 valence electrons. The summed E-state index contributed by atoms with van der Waals surface area (Å²) >= 11 is 5.99. The summed E-state index contributed by atoms with van der Waals surface area (Å²) in [5, 5.41) is 10.6. The van der Waals surface area contributed by atoms with Gasteiger partial charge in [0.1, 0.15) is 5.15 Å². The molecule has 0 spiro atoms. The SMILES string of the molecule is Cc1nn(C)c(Cl)c1/C=N/N(C)C. The summed E-state index contributed by atoms with van der Waals surface area (Å²) in [4.78, 5) is 0. The highest BCUT2D eigenvalue weighted by Gasteiger charge is 2.08. The molecule has 0 saturated heterocycles. The molecule has 0 N–H and O–H groups in total. The number of aryl methyl sites for hydroxylation is 2. The highest BCUT2D eigenvalue weighted by molar-refractivity contribution is 6.32. The lowest BCUT2D eigenvalue weighted by molar-refractivity contribution is 0.440. The average molecular weight is 201 g/mol. The Morgan fingerprint density at radius 3 is 2.54 bits per heavy atom. The van der Waals surface area contributed by atoms with E-state index in [1.807, 2.05) is 28.1 Å². The minimum atomic E-state index is 0.614. The molecule has 13 heavy (non-hydrogen) atoms. The van der Waals surface area contributed by atoms with Crippen molar-refractivity contribution in [2.45, 2.75) is 6.92 Å². The van der Waals surface area contributed by atoms with Gasteiger partial charge in [-0.2, -0.15) is 10.2 Å². The predicted octanol–water partition coefficient (Wildman–Crippen LogP) is 1.28. The Hall–Kier alpha value is -1.03. The van der Waals surface area contributed by atoms with Gasteiger partial charge < -0.3 is 5.01 Å². The number of nitrogens with zero attached hydrogens (tertiary/aromatic N) is 4. The molecule has 0 aromatic carbocycles. The summed E-state index contributed by atoms with van der Waals surface area (Å²) in [5.74, 6) is 0. The van der Waals surface area contributed by atoms with Gasteiger partial charge in [0, 0.05) is 21.1 Å². The molecule has 0 radical (unpaired) electrons. The van der Waals surface area contributed by atoms with Crippen molar-refractivity contribution < 1.29 is 0 Å². The Labute approximate surface area is 82.8 Å². The van der Waals surface area contributed by atoms with E-state index in [0.29, 0.717) is 5.15 Å². The van der Waals surface area contributed by atoms with Crippen LogP contribution in [0, 0.1) is 6.92 Å². The summed E-state index contributed by atoms with van der Waals surface area (Å²) in [7, 11) is 5.52. The first-order chi connectivity index (χ1) is 6.02. The van der Waals surface area contributed by atoms with Gasteiger partial charge >= 0.3 is 0 Å². The van der Waals surface area contributed by atoms with Crippen molar-refractivity contribution >= 4 is 17.8 Å². The van der Waals surface area contributed by atoms with Gasteiger partial charge in [0.25, 0.3) is 0 Å². The number of aromatic nitrogens is 2. The van der Waals surface area contributed by atoms with E-state index >= 15 is 0 Å². The van der Waals surface area contributed by atoms with E-state index in [1.165, 1.54) is 0 Å². The maximum Gasteiger partial charge on any atom is 0.135 e. The monoisotopic (exact) mass is 200 g/mol. The van der Waals surface area contributed by atoms with Gasteiger partial charge in [-0.1, -0.05) is 11.6 Å². The lowest BCUT2D eigenvalue weighted by Gasteiger charge is -2.01. The second-order valence-corrected chi connectivity index (χ2v) is 3.36. The molecule has 0 aliphatic rings. The lowest BCUT2D eigenvalue weighted by Crippen LogP contribution is -2.02. The minimum Gasteiger partial charge on any atom is -0.303 e. The molecule has 1 aromatic rings. The minimum absolute atomic E-state index is 0.614. The van der Waals surface area contributed by atoms with Crippen LogP contribution in [0.5, 0.6) is 0 Å². The van der Waals surface area contributed by atoms with E-state index in [4.69, 9.17) is 11.6 Å². The van der Waals surface area contributed by atoms with Crippen molar-refractivity contribution in [3.05, 3.63) is 16.4 Å². The Morgan fingerprint density at radius 1 is 1.54 bits per heavy atom. The maximum atomic E-state index is 5.99. The molecule has 0 atom stereocenters. The summed E-state index contributed by atoms with van der Waals surface area (Å²) in [6, 6.07) is 0. The molecule has 1 rings (SSSR count). The number of rotatable bonds is 2. The first kappa shape index (κ1) is 10.1. The maximum absolute atomic E-state index is 5.99. The molecule has 0 amide bonds. The Morgan fingerprint density at radius 2 is 2.15 bits per heavy atom. The summed E-state index contributed by atoms with van der Waals surface area (Å²) in [6.45, 7) is 1.91. The van der Waals surface area contributed by atoms with Crippen molar-refractivity contribution in [1.82, 2.24) is 14.8 Å². The van der Waals surface area contributed by atoms with Crippen LogP contribution in [0.4, 0.5) is 0 Å². The van der Waals surface area contributed by atoms with E-state index in [0.717, 1.165) is 11.3 Å². The van der Waals surface area contributed by atoms with E-state index < -0.39 is 0 Å². The zero-order valence-electron chi connectivity index (χ0n) is 8.24. The van der Waals surface area contributed by atoms with Crippen LogP contribution >= 0.6 is 11.6 Å². The smallest absolute Gasteiger partial charge is 0.135 e. The van der Waals surface area contributed by atoms with Crippen molar-refractivity contribution in [3.8, 4) is 0 Å². The zero-order valence-corrected chi connectivity index (χ0v) is 9.00. The van der Waals surface area contributed by atoms with Crippen LogP contribution in [0.3, 0.4) is 0 Å². The molecule has 1 aromatic heterocycles. The largest absolute Gasteiger partial charge is 0.303 e. The van der Waals surface area contributed by atoms with Crippen molar-refractivity contribution in [3.63, 3.8) is 0 Å². The van der Waals surface area contributed by atoms with Crippen LogP contribution in [-0.2, 0) is 7.05 Å². The second-order valence-electron chi connectivity index (χ2n) is 3.01. The topological polar surface area (TPSA) is 33.4 Å². The van der Waals surface area contributed by atoms with Crippen LogP contribution in [-0.4, -0.2) is 35.1 Å². The standard InChI is InChI=1S/C8H13ClN4/c1-6-7(5-10-12(2)3)8(9)13(4)11-6/h5H,1-4H3/b10-5+. The van der Waals surface area contributed by atoms with Gasteiger partial charge in [-0.25, -0.2) is 0 Å². The third-order valence-electron chi connectivity index (χ3n) is 1.61. The van der Waals surface area contributed by atoms with Gasteiger partial charge in [-0.15, -0.1) is 0 Å². The van der Waals surface area contributed by atoms with Gasteiger partial charge in [0.15, 0.2) is 0 Å². The molecule has 0 unspecified atom stereocenters. The first-order valence-electron chi connectivity index (χ1n) is 3.92. The molecule has 5 heteroatoms. The molecule has 0 bridgehead atoms. The zero-order chi connectivity index (χ0) is 10.0. The van der Waals surface area contributed by atoms with Crippen molar-refractivity contribution in [2.24, 2.45) is 12.1 Å². The molecule has 4 nitrogen and oxygen atoms in total. The van der Waals surface area contributed by atoms with E-state index in [-0.39, 0.29) is 0 Å². The van der Waals surface area contributed by atoms with E-state index in [9.17, 15) is 0 Å². The Balaban J connectivity index is 3.00. The van der Waals surface area contributed by atoms with Crippen LogP contribution in [0.2, 0.25) is 5.15 Å². The number of halogens is 1. The summed E-state index contributed by atoms with van der Waals surface area (Å²) in [6.07, 6.45) is 1.71. The molecule has 0 aliphatic carbocycles. The van der Waals surface area contributed by atoms with Crippen LogP contribution < -0.4 is 0 Å². The fourth-order valence-electron chi connectivity index (χ4n) is 0.966. The fraction of sp³-hybridized carbons (Fsp3) is 0.500. The number of hydrogen-bond donors (Lipinski definition) is 0. The average Bonchev–Trinajstić information content (AvgIpc) is 2.24. The van der Waals surface area contributed by atoms with Crippen LogP contribution in [0.15, 0.2) is 5.10 Å². The Kier molecular flexibility index (Phi) is 2.93. The van der Waals surface area contributed by atoms with Gasteiger partial charge in [0.05, 0.1) is 17.5 Å². The van der Waals surface area contributed by atoms with Gasteiger partial charge in [-0.3, -0.25) is 4.68 Å². The molecular formula is C8H13ClN4.